The van der Waals surface area contributed by atoms with Crippen LogP contribution in [0.3, 0.4) is 0 Å². The van der Waals surface area contributed by atoms with Crippen LogP contribution in [0.25, 0.3) is 0 Å². The average molecular weight is 274 g/mol. The summed E-state index contributed by atoms with van der Waals surface area (Å²) in [5, 5.41) is 12.1. The minimum Gasteiger partial charge on any atom is -0.308 e. The number of hydrogen-bond donors (Lipinski definition) is 1. The zero-order valence-electron chi connectivity index (χ0n) is 12.7. The molecule has 0 saturated heterocycles. The van der Waals surface area contributed by atoms with E-state index in [0.29, 0.717) is 11.5 Å². The van der Waals surface area contributed by atoms with Gasteiger partial charge in [0, 0.05) is 7.05 Å². The molecule has 0 aliphatic heterocycles. The quantitative estimate of drug-likeness (QED) is 0.918. The predicted octanol–water partition coefficient (Wildman–Crippen LogP) is 2.68. The van der Waals surface area contributed by atoms with Crippen molar-refractivity contribution in [3.63, 3.8) is 0 Å². The van der Waals surface area contributed by atoms with Gasteiger partial charge < -0.3 is 5.32 Å². The molecule has 0 amide bonds. The van der Waals surface area contributed by atoms with E-state index in [0.717, 1.165) is 24.3 Å². The van der Waals surface area contributed by atoms with Gasteiger partial charge in [0.25, 0.3) is 0 Å². The Morgan fingerprint density at radius 2 is 1.85 bits per heavy atom. The van der Waals surface area contributed by atoms with Crippen LogP contribution in [0.5, 0.6) is 0 Å². The van der Waals surface area contributed by atoms with E-state index in [4.69, 9.17) is 0 Å². The molecule has 0 radical (unpaired) electrons. The second kappa shape index (κ2) is 4.55. The molecule has 110 valence electrons. The van der Waals surface area contributed by atoms with E-state index in [-0.39, 0.29) is 0 Å². The molecule has 20 heavy (non-hydrogen) atoms. The Morgan fingerprint density at radius 1 is 1.25 bits per heavy atom. The number of rotatable bonds is 4. The van der Waals surface area contributed by atoms with E-state index < -0.39 is 0 Å². The first kappa shape index (κ1) is 12.8. The second-order valence-corrected chi connectivity index (χ2v) is 7.55. The molecule has 5 rings (SSSR count). The lowest BCUT2D eigenvalue weighted by atomic mass is 9.47. The fourth-order valence-electron chi connectivity index (χ4n) is 5.93. The maximum absolute atomic E-state index is 4.17. The minimum atomic E-state index is 0.445. The lowest BCUT2D eigenvalue weighted by Crippen LogP contribution is -2.52. The summed E-state index contributed by atoms with van der Waals surface area (Å²) in [6.45, 7) is 3.24. The zero-order chi connectivity index (χ0) is 13.7. The third-order valence-corrected chi connectivity index (χ3v) is 6.15. The molecule has 1 N–H and O–H groups in total. The Kier molecular flexibility index (Phi) is 2.92. The van der Waals surface area contributed by atoms with Crippen LogP contribution in [0.4, 0.5) is 0 Å². The molecule has 4 saturated carbocycles. The number of hydrogen-bond acceptors (Lipinski definition) is 3. The van der Waals surface area contributed by atoms with Gasteiger partial charge in [0.2, 0.25) is 0 Å². The molecular weight excluding hydrogens is 248 g/mol. The van der Waals surface area contributed by atoms with Crippen LogP contribution in [-0.4, -0.2) is 21.5 Å². The van der Waals surface area contributed by atoms with E-state index in [1.165, 1.54) is 44.2 Å². The first-order chi connectivity index (χ1) is 9.70. The van der Waals surface area contributed by atoms with Crippen molar-refractivity contribution in [1.29, 1.82) is 0 Å². The van der Waals surface area contributed by atoms with Gasteiger partial charge in [0.15, 0.2) is 0 Å². The summed E-state index contributed by atoms with van der Waals surface area (Å²) in [6, 6.07) is 0.445. The second-order valence-electron chi connectivity index (χ2n) is 7.55. The molecule has 4 fully saturated rings. The molecule has 0 spiro atoms. The van der Waals surface area contributed by atoms with Crippen molar-refractivity contribution in [2.45, 2.75) is 51.5 Å². The summed E-state index contributed by atoms with van der Waals surface area (Å²) in [5.41, 5.74) is 1.76. The summed E-state index contributed by atoms with van der Waals surface area (Å²) in [6.07, 6.45) is 10.7. The Bertz CT molecular complexity index is 457. The van der Waals surface area contributed by atoms with Gasteiger partial charge in [-0.2, -0.15) is 0 Å². The number of aromatic nitrogens is 3. The fourth-order valence-corrected chi connectivity index (χ4v) is 5.93. The highest BCUT2D eigenvalue weighted by Crippen LogP contribution is 2.63. The van der Waals surface area contributed by atoms with Crippen LogP contribution in [0, 0.1) is 23.2 Å². The smallest absolute Gasteiger partial charge is 0.0758 e. The van der Waals surface area contributed by atoms with Crippen molar-refractivity contribution < 1.29 is 0 Å². The van der Waals surface area contributed by atoms with Crippen LogP contribution >= 0.6 is 0 Å². The first-order valence-electron chi connectivity index (χ1n) is 8.28. The molecule has 1 heterocycles. The van der Waals surface area contributed by atoms with Gasteiger partial charge >= 0.3 is 0 Å². The molecule has 1 aromatic heterocycles. The van der Waals surface area contributed by atoms with E-state index in [2.05, 4.69) is 22.6 Å². The van der Waals surface area contributed by atoms with Gasteiger partial charge in [-0.1, -0.05) is 12.1 Å². The maximum Gasteiger partial charge on any atom is 0.0758 e. The molecule has 1 atom stereocenters. The SMILES string of the molecule is CCNC(c1cnnn1C)C12CC3CC(CC(C3)C1)C2. The number of nitrogens with one attached hydrogen (secondary N) is 1. The van der Waals surface area contributed by atoms with Gasteiger partial charge in [0.1, 0.15) is 0 Å². The van der Waals surface area contributed by atoms with Crippen molar-refractivity contribution in [3.8, 4) is 0 Å². The molecule has 4 nitrogen and oxygen atoms in total. The van der Waals surface area contributed by atoms with Crippen molar-refractivity contribution in [1.82, 2.24) is 20.3 Å². The Hall–Kier alpha value is -0.900. The number of aryl methyl sites for hydroxylation is 1. The molecule has 4 aliphatic rings. The minimum absolute atomic E-state index is 0.445. The topological polar surface area (TPSA) is 42.7 Å². The van der Waals surface area contributed by atoms with E-state index in [9.17, 15) is 0 Å². The molecule has 1 aromatic rings. The van der Waals surface area contributed by atoms with Crippen molar-refractivity contribution in [3.05, 3.63) is 11.9 Å². The summed E-state index contributed by atoms with van der Waals surface area (Å²) < 4.78 is 1.98. The molecule has 0 aromatic carbocycles. The third kappa shape index (κ3) is 1.84. The standard InChI is InChI=1S/C16H26N4/c1-3-17-15(14-10-18-19-20(14)2)16-7-11-4-12(8-16)6-13(5-11)9-16/h10-13,15,17H,3-9H2,1-2H3. The van der Waals surface area contributed by atoms with Gasteiger partial charge in [-0.15, -0.1) is 5.10 Å². The van der Waals surface area contributed by atoms with Crippen LogP contribution < -0.4 is 5.32 Å². The largest absolute Gasteiger partial charge is 0.308 e. The first-order valence-corrected chi connectivity index (χ1v) is 8.28. The van der Waals surface area contributed by atoms with Crippen LogP contribution in [-0.2, 0) is 7.05 Å². The molecule has 4 heteroatoms. The highest BCUT2D eigenvalue weighted by atomic mass is 15.4. The van der Waals surface area contributed by atoms with E-state index >= 15 is 0 Å². The molecule has 1 unspecified atom stereocenters. The van der Waals surface area contributed by atoms with Crippen molar-refractivity contribution >= 4 is 0 Å². The van der Waals surface area contributed by atoms with E-state index in [1.54, 1.807) is 0 Å². The average Bonchev–Trinajstić information content (AvgIpc) is 2.80. The molecule has 4 aliphatic carbocycles. The summed E-state index contributed by atoms with van der Waals surface area (Å²) >= 11 is 0. The molecule has 4 bridgehead atoms. The summed E-state index contributed by atoms with van der Waals surface area (Å²) in [5.74, 6) is 2.97. The normalized spacial score (nSPS) is 40.2. The summed E-state index contributed by atoms with van der Waals surface area (Å²) in [7, 11) is 2.03. The van der Waals surface area contributed by atoms with Crippen LogP contribution in [0.2, 0.25) is 0 Å². The monoisotopic (exact) mass is 274 g/mol. The Balaban J connectivity index is 1.71. The number of nitrogens with zero attached hydrogens (tertiary/aromatic N) is 3. The van der Waals surface area contributed by atoms with Crippen molar-refractivity contribution in [2.24, 2.45) is 30.2 Å². The Morgan fingerprint density at radius 3 is 2.30 bits per heavy atom. The zero-order valence-corrected chi connectivity index (χ0v) is 12.7. The third-order valence-electron chi connectivity index (χ3n) is 6.15. The van der Waals surface area contributed by atoms with Gasteiger partial charge in [-0.3, -0.25) is 4.68 Å². The van der Waals surface area contributed by atoms with Crippen LogP contribution in [0.15, 0.2) is 6.20 Å². The fraction of sp³-hybridized carbons (Fsp3) is 0.875. The Labute approximate surface area is 121 Å². The van der Waals surface area contributed by atoms with Crippen LogP contribution in [0.1, 0.15) is 57.2 Å². The highest BCUT2D eigenvalue weighted by Gasteiger charge is 2.54. The lowest BCUT2D eigenvalue weighted by molar-refractivity contribution is -0.0759. The van der Waals surface area contributed by atoms with Gasteiger partial charge in [0.05, 0.1) is 17.9 Å². The highest BCUT2D eigenvalue weighted by molar-refractivity contribution is 5.14. The summed E-state index contributed by atoms with van der Waals surface area (Å²) in [4.78, 5) is 0. The van der Waals surface area contributed by atoms with E-state index in [1.807, 2.05) is 17.9 Å². The van der Waals surface area contributed by atoms with Gasteiger partial charge in [-0.25, -0.2) is 0 Å². The molecular formula is C16H26N4. The lowest BCUT2D eigenvalue weighted by Gasteiger charge is -2.59. The predicted molar refractivity (Wildman–Crippen MR) is 78.0 cm³/mol. The maximum atomic E-state index is 4.17. The van der Waals surface area contributed by atoms with Gasteiger partial charge in [-0.05, 0) is 68.2 Å². The van der Waals surface area contributed by atoms with Crippen molar-refractivity contribution in [2.75, 3.05) is 6.54 Å².